The Hall–Kier alpha value is -4.64. The van der Waals surface area contributed by atoms with Crippen LogP contribution in [0.1, 0.15) is 30.5 Å². The molecule has 2 aromatic heterocycles. The molecule has 2 fully saturated rings. The van der Waals surface area contributed by atoms with E-state index in [-0.39, 0.29) is 13.0 Å². The van der Waals surface area contributed by atoms with Gasteiger partial charge in [-0.2, -0.15) is 23.5 Å². The number of aromatic nitrogens is 3. The number of ether oxygens (including phenoxy) is 1. The summed E-state index contributed by atoms with van der Waals surface area (Å²) in [7, 11) is -4.56. The number of alkyl halides is 3. The number of benzene rings is 2. The van der Waals surface area contributed by atoms with E-state index in [9.17, 15) is 31.6 Å². The summed E-state index contributed by atoms with van der Waals surface area (Å²) in [6.45, 7) is 1.45. The molecule has 1 aliphatic carbocycles. The van der Waals surface area contributed by atoms with Crippen LogP contribution in [-0.2, 0) is 20.8 Å². The molecule has 10 nitrogen and oxygen atoms in total. The number of rotatable bonds is 6. The molecule has 0 radical (unpaired) electrons. The standard InChI is InChI=1S/C29H25F3N6O4S/c1-18-14-25(38(36-18)23-10-13-34-22-8-4-2-6-20(22)23)37-16-19(15-26(37)42-27(39)35-28(17-33)11-12-28)43(40,41)24-9-5-3-7-21(24)29(30,31)32/h2-10,13-14,19,26H,11-12,15-16H2,1H3,(H,35,39)/t19-,26+/m1/s1. The van der Waals surface area contributed by atoms with Crippen molar-refractivity contribution in [3.8, 4) is 11.8 Å². The first-order valence-corrected chi connectivity index (χ1v) is 14.9. The molecular formula is C29H25F3N6O4S. The maximum Gasteiger partial charge on any atom is 0.417 e. The lowest BCUT2D eigenvalue weighted by atomic mass is 10.2. The van der Waals surface area contributed by atoms with Gasteiger partial charge in [0, 0.05) is 30.6 Å². The number of aryl methyl sites for hydroxylation is 1. The van der Waals surface area contributed by atoms with Gasteiger partial charge in [0.15, 0.2) is 16.1 Å². The number of sulfone groups is 1. The fourth-order valence-corrected chi connectivity index (χ4v) is 7.23. The van der Waals surface area contributed by atoms with Crippen molar-refractivity contribution in [1.82, 2.24) is 20.1 Å². The third-order valence-corrected chi connectivity index (χ3v) is 9.85. The number of nitrogens with zero attached hydrogens (tertiary/aromatic N) is 5. The molecule has 2 aromatic carbocycles. The lowest BCUT2D eigenvalue weighted by Gasteiger charge is -2.27. The van der Waals surface area contributed by atoms with Crippen molar-refractivity contribution in [1.29, 1.82) is 5.26 Å². The number of para-hydroxylation sites is 1. The first-order valence-electron chi connectivity index (χ1n) is 13.4. The van der Waals surface area contributed by atoms with E-state index >= 15 is 0 Å². The molecule has 43 heavy (non-hydrogen) atoms. The Morgan fingerprint density at radius 2 is 1.86 bits per heavy atom. The van der Waals surface area contributed by atoms with Crippen molar-refractivity contribution in [3.05, 3.63) is 78.1 Å². The number of hydrogen-bond donors (Lipinski definition) is 1. The van der Waals surface area contributed by atoms with Crippen LogP contribution in [-0.4, -0.2) is 52.8 Å². The van der Waals surface area contributed by atoms with E-state index < -0.39 is 49.6 Å². The molecule has 6 rings (SSSR count). The van der Waals surface area contributed by atoms with Gasteiger partial charge in [-0.1, -0.05) is 30.3 Å². The number of pyridine rings is 1. The Morgan fingerprint density at radius 1 is 1.14 bits per heavy atom. The van der Waals surface area contributed by atoms with Crippen molar-refractivity contribution in [2.75, 3.05) is 11.4 Å². The zero-order chi connectivity index (χ0) is 30.6. The van der Waals surface area contributed by atoms with Gasteiger partial charge < -0.3 is 15.0 Å². The van der Waals surface area contributed by atoms with E-state index in [1.807, 2.05) is 30.3 Å². The summed E-state index contributed by atoms with van der Waals surface area (Å²) >= 11 is 0. The number of amides is 1. The summed E-state index contributed by atoms with van der Waals surface area (Å²) in [5.41, 5.74) is -0.451. The highest BCUT2D eigenvalue weighted by molar-refractivity contribution is 7.92. The molecule has 0 unspecified atom stereocenters. The molecular weight excluding hydrogens is 585 g/mol. The van der Waals surface area contributed by atoms with Crippen molar-refractivity contribution in [3.63, 3.8) is 0 Å². The zero-order valence-corrected chi connectivity index (χ0v) is 23.6. The lowest BCUT2D eigenvalue weighted by Crippen LogP contribution is -2.42. The second-order valence-electron chi connectivity index (χ2n) is 10.6. The van der Waals surface area contributed by atoms with Crippen molar-refractivity contribution in [2.45, 2.75) is 54.3 Å². The first kappa shape index (κ1) is 28.5. The average molecular weight is 611 g/mol. The van der Waals surface area contributed by atoms with Crippen LogP contribution >= 0.6 is 0 Å². The molecule has 1 N–H and O–H groups in total. The summed E-state index contributed by atoms with van der Waals surface area (Å²) in [6.07, 6.45) is -4.86. The maximum absolute atomic E-state index is 13.8. The largest absolute Gasteiger partial charge is 0.425 e. The molecule has 1 saturated carbocycles. The highest BCUT2D eigenvalue weighted by Crippen LogP contribution is 2.40. The molecule has 1 aliphatic heterocycles. The Balaban J connectivity index is 1.42. The Morgan fingerprint density at radius 3 is 2.58 bits per heavy atom. The topological polar surface area (TPSA) is 130 Å². The normalized spacial score (nSPS) is 19.7. The van der Waals surface area contributed by atoms with E-state index in [2.05, 4.69) is 15.4 Å². The number of carbonyl (C=O) groups excluding carboxylic acids is 1. The maximum atomic E-state index is 13.8. The van der Waals surface area contributed by atoms with Crippen LogP contribution < -0.4 is 10.2 Å². The number of alkyl carbamates (subject to hydrolysis) is 1. The van der Waals surface area contributed by atoms with Gasteiger partial charge in [0.1, 0.15) is 11.4 Å². The number of nitrogens with one attached hydrogen (secondary N) is 1. The Labute approximate surface area is 244 Å². The van der Waals surface area contributed by atoms with Crippen LogP contribution in [0.3, 0.4) is 0 Å². The Kier molecular flexibility index (Phi) is 6.80. The summed E-state index contributed by atoms with van der Waals surface area (Å²) < 4.78 is 76.3. The van der Waals surface area contributed by atoms with Crippen LogP contribution in [0, 0.1) is 18.3 Å². The molecule has 14 heteroatoms. The van der Waals surface area contributed by atoms with Gasteiger partial charge in [0.25, 0.3) is 0 Å². The number of carbonyl (C=O) groups is 1. The molecule has 1 amide bonds. The monoisotopic (exact) mass is 610 g/mol. The van der Waals surface area contributed by atoms with E-state index in [0.29, 0.717) is 35.6 Å². The molecule has 2 atom stereocenters. The molecule has 4 aromatic rings. The minimum atomic E-state index is -4.90. The minimum Gasteiger partial charge on any atom is -0.425 e. The third-order valence-electron chi connectivity index (χ3n) is 7.66. The second-order valence-corrected chi connectivity index (χ2v) is 12.8. The fourth-order valence-electron chi connectivity index (χ4n) is 5.34. The number of hydrogen-bond acceptors (Lipinski definition) is 8. The summed E-state index contributed by atoms with van der Waals surface area (Å²) in [4.78, 5) is 17.9. The Bertz CT molecular complexity index is 1880. The summed E-state index contributed by atoms with van der Waals surface area (Å²) in [5.74, 6) is 0.370. The molecule has 222 valence electrons. The van der Waals surface area contributed by atoms with Crippen LogP contribution in [0.15, 0.2) is 71.8 Å². The highest BCUT2D eigenvalue weighted by atomic mass is 32.2. The number of anilines is 1. The number of halogens is 3. The summed E-state index contributed by atoms with van der Waals surface area (Å²) in [6, 6.07) is 16.8. The lowest BCUT2D eigenvalue weighted by molar-refractivity contribution is -0.139. The highest BCUT2D eigenvalue weighted by Gasteiger charge is 2.49. The van der Waals surface area contributed by atoms with Gasteiger partial charge in [-0.05, 0) is 44.0 Å². The molecule has 0 spiro atoms. The quantitative estimate of drug-likeness (QED) is 0.326. The van der Waals surface area contributed by atoms with Gasteiger partial charge in [-0.15, -0.1) is 0 Å². The number of fused-ring (bicyclic) bond motifs is 1. The molecule has 2 aliphatic rings. The second kappa shape index (κ2) is 10.3. The van der Waals surface area contributed by atoms with Crippen molar-refractivity contribution in [2.24, 2.45) is 0 Å². The van der Waals surface area contributed by atoms with Gasteiger partial charge in [-0.25, -0.2) is 17.9 Å². The van der Waals surface area contributed by atoms with Gasteiger partial charge in [-0.3, -0.25) is 4.98 Å². The smallest absolute Gasteiger partial charge is 0.417 e. The summed E-state index contributed by atoms with van der Waals surface area (Å²) in [5, 5.41) is 15.9. The van der Waals surface area contributed by atoms with E-state index in [1.165, 1.54) is 11.0 Å². The predicted octanol–water partition coefficient (Wildman–Crippen LogP) is 4.91. The van der Waals surface area contributed by atoms with Crippen LogP contribution in [0.25, 0.3) is 16.6 Å². The fraction of sp³-hybridized carbons (Fsp3) is 0.310. The molecule has 0 bridgehead atoms. The van der Waals surface area contributed by atoms with Crippen LogP contribution in [0.2, 0.25) is 0 Å². The van der Waals surface area contributed by atoms with Gasteiger partial charge in [0.05, 0.1) is 38.7 Å². The van der Waals surface area contributed by atoms with Crippen LogP contribution in [0.5, 0.6) is 0 Å². The third kappa shape index (κ3) is 5.25. The molecule has 3 heterocycles. The van der Waals surface area contributed by atoms with Crippen molar-refractivity contribution >= 4 is 32.7 Å². The van der Waals surface area contributed by atoms with Crippen molar-refractivity contribution < 1.29 is 31.1 Å². The SMILES string of the molecule is Cc1cc(N2C[C@H](S(=O)(=O)c3ccccc3C(F)(F)F)C[C@@H]2OC(=O)NC2(C#N)CC2)n(-c2ccnc3ccccc23)n1. The van der Waals surface area contributed by atoms with E-state index in [1.54, 1.807) is 29.9 Å². The first-order chi connectivity index (χ1) is 20.4. The minimum absolute atomic E-state index is 0.288. The number of nitriles is 1. The van der Waals surface area contributed by atoms with Gasteiger partial charge in [0.2, 0.25) is 0 Å². The van der Waals surface area contributed by atoms with Gasteiger partial charge >= 0.3 is 12.3 Å². The molecule has 1 saturated heterocycles. The van der Waals surface area contributed by atoms with E-state index in [4.69, 9.17) is 4.74 Å². The zero-order valence-electron chi connectivity index (χ0n) is 22.7. The van der Waals surface area contributed by atoms with E-state index in [0.717, 1.165) is 23.6 Å². The van der Waals surface area contributed by atoms with Crippen LogP contribution in [0.4, 0.5) is 23.8 Å². The predicted molar refractivity (Wildman–Crippen MR) is 149 cm³/mol. The average Bonchev–Trinajstić information content (AvgIpc) is 3.44.